The van der Waals surface area contributed by atoms with Crippen molar-refractivity contribution in [2.75, 3.05) is 6.61 Å². The average molecular weight is 229 g/mol. The molecule has 16 heavy (non-hydrogen) atoms. The Balaban J connectivity index is 3.65. The minimum Gasteiger partial charge on any atom is -0.459 e. The molecule has 1 atom stereocenters. The molecule has 0 bridgehead atoms. The molecule has 4 heteroatoms. The third-order valence-electron chi connectivity index (χ3n) is 2.33. The minimum atomic E-state index is -0.789. The second kappa shape index (κ2) is 9.19. The molecular weight excluding hydrogens is 206 g/mol. The Morgan fingerprint density at radius 2 is 1.88 bits per heavy atom. The largest absolute Gasteiger partial charge is 0.459 e. The first kappa shape index (κ1) is 14.9. The smallest absolute Gasteiger partial charge is 0.396 e. The van der Waals surface area contributed by atoms with Crippen molar-refractivity contribution in [3.8, 4) is 0 Å². The number of rotatable bonds is 7. The number of hydrogen-bond acceptors (Lipinski definition) is 3. The molecule has 0 heterocycles. The summed E-state index contributed by atoms with van der Waals surface area (Å²) in [6.45, 7) is 5.98. The Morgan fingerprint density at radius 3 is 2.44 bits per heavy atom. The van der Waals surface area contributed by atoms with Crippen molar-refractivity contribution in [3.05, 3.63) is 0 Å². The van der Waals surface area contributed by atoms with Gasteiger partial charge in [0.05, 0.1) is 6.61 Å². The van der Waals surface area contributed by atoms with Gasteiger partial charge in [-0.15, -0.1) is 0 Å². The van der Waals surface area contributed by atoms with Gasteiger partial charge in [-0.3, -0.25) is 4.79 Å². The lowest BCUT2D eigenvalue weighted by atomic mass is 10.1. The molecule has 4 nitrogen and oxygen atoms in total. The topological polar surface area (TPSA) is 55.4 Å². The van der Waals surface area contributed by atoms with Crippen LogP contribution in [0.3, 0.4) is 0 Å². The molecule has 0 aliphatic carbocycles. The minimum absolute atomic E-state index is 0.0359. The third kappa shape index (κ3) is 7.26. The molecular formula is C12H23NO3. The molecule has 0 radical (unpaired) electrons. The molecule has 1 unspecified atom stereocenters. The highest BCUT2D eigenvalue weighted by Gasteiger charge is 2.16. The fourth-order valence-electron chi connectivity index (χ4n) is 1.43. The van der Waals surface area contributed by atoms with Crippen LogP contribution < -0.4 is 5.32 Å². The lowest BCUT2D eigenvalue weighted by Gasteiger charge is -2.12. The van der Waals surface area contributed by atoms with Crippen molar-refractivity contribution in [1.82, 2.24) is 5.32 Å². The van der Waals surface area contributed by atoms with Crippen LogP contribution in [-0.4, -0.2) is 24.5 Å². The van der Waals surface area contributed by atoms with Crippen LogP contribution in [0.25, 0.3) is 0 Å². The van der Waals surface area contributed by atoms with Gasteiger partial charge in [-0.05, 0) is 20.3 Å². The number of nitrogens with one attached hydrogen (secondary N) is 1. The first-order valence-electron chi connectivity index (χ1n) is 6.09. The molecule has 0 aliphatic rings. The summed E-state index contributed by atoms with van der Waals surface area (Å²) >= 11 is 0. The second-order valence-corrected chi connectivity index (χ2v) is 3.94. The maximum atomic E-state index is 11.2. The zero-order valence-corrected chi connectivity index (χ0v) is 10.5. The summed E-state index contributed by atoms with van der Waals surface area (Å²) in [5.74, 6) is -1.42. The van der Waals surface area contributed by atoms with Crippen molar-refractivity contribution in [2.45, 2.75) is 58.9 Å². The van der Waals surface area contributed by atoms with Gasteiger partial charge in [-0.25, -0.2) is 4.79 Å². The van der Waals surface area contributed by atoms with Crippen molar-refractivity contribution < 1.29 is 14.3 Å². The Labute approximate surface area is 97.7 Å². The fourth-order valence-corrected chi connectivity index (χ4v) is 1.43. The lowest BCUT2D eigenvalue weighted by molar-refractivity contribution is -0.154. The van der Waals surface area contributed by atoms with E-state index in [-0.39, 0.29) is 12.6 Å². The van der Waals surface area contributed by atoms with Crippen molar-refractivity contribution in [1.29, 1.82) is 0 Å². The number of esters is 1. The number of ether oxygens (including phenoxy) is 1. The number of carbonyl (C=O) groups is 2. The van der Waals surface area contributed by atoms with Crippen LogP contribution in [0.4, 0.5) is 0 Å². The SMILES string of the molecule is CCCCCCC(C)NC(=O)C(=O)OCC. The average Bonchev–Trinajstić information content (AvgIpc) is 2.24. The quantitative estimate of drug-likeness (QED) is 0.413. The molecule has 0 aromatic carbocycles. The summed E-state index contributed by atoms with van der Waals surface area (Å²) in [4.78, 5) is 22.3. The van der Waals surface area contributed by atoms with E-state index in [4.69, 9.17) is 0 Å². The van der Waals surface area contributed by atoms with Gasteiger partial charge in [-0.1, -0.05) is 32.6 Å². The number of unbranched alkanes of at least 4 members (excludes halogenated alkanes) is 3. The van der Waals surface area contributed by atoms with Crippen molar-refractivity contribution in [2.24, 2.45) is 0 Å². The van der Waals surface area contributed by atoms with E-state index in [1.807, 2.05) is 6.92 Å². The lowest BCUT2D eigenvalue weighted by Crippen LogP contribution is -2.38. The van der Waals surface area contributed by atoms with Gasteiger partial charge in [0.25, 0.3) is 0 Å². The fraction of sp³-hybridized carbons (Fsp3) is 0.833. The van der Waals surface area contributed by atoms with E-state index >= 15 is 0 Å². The number of carbonyl (C=O) groups excluding carboxylic acids is 2. The molecule has 0 aromatic heterocycles. The van der Waals surface area contributed by atoms with Gasteiger partial charge in [0.15, 0.2) is 0 Å². The van der Waals surface area contributed by atoms with E-state index in [1.165, 1.54) is 19.3 Å². The standard InChI is InChI=1S/C12H23NO3/c1-4-6-7-8-9-10(3)13-11(14)12(15)16-5-2/h10H,4-9H2,1-3H3,(H,13,14). The van der Waals surface area contributed by atoms with Crippen LogP contribution in [0.2, 0.25) is 0 Å². The van der Waals surface area contributed by atoms with Crippen molar-refractivity contribution >= 4 is 11.9 Å². The first-order valence-corrected chi connectivity index (χ1v) is 6.09. The maximum Gasteiger partial charge on any atom is 0.396 e. The van der Waals surface area contributed by atoms with Crippen LogP contribution in [0.15, 0.2) is 0 Å². The van der Waals surface area contributed by atoms with Crippen molar-refractivity contribution in [3.63, 3.8) is 0 Å². The van der Waals surface area contributed by atoms with Crippen LogP contribution in [0.5, 0.6) is 0 Å². The molecule has 0 rings (SSSR count). The van der Waals surface area contributed by atoms with Gasteiger partial charge in [-0.2, -0.15) is 0 Å². The van der Waals surface area contributed by atoms with Crippen LogP contribution >= 0.6 is 0 Å². The van der Waals surface area contributed by atoms with Gasteiger partial charge in [0.1, 0.15) is 0 Å². The van der Waals surface area contributed by atoms with E-state index in [2.05, 4.69) is 17.0 Å². The number of hydrogen-bond donors (Lipinski definition) is 1. The predicted molar refractivity (Wildman–Crippen MR) is 63.0 cm³/mol. The summed E-state index contributed by atoms with van der Waals surface area (Å²) in [7, 11) is 0. The van der Waals surface area contributed by atoms with E-state index in [1.54, 1.807) is 6.92 Å². The van der Waals surface area contributed by atoms with E-state index in [0.29, 0.717) is 0 Å². The molecule has 0 saturated heterocycles. The van der Waals surface area contributed by atoms with Crippen LogP contribution in [-0.2, 0) is 14.3 Å². The molecule has 0 spiro atoms. The molecule has 94 valence electrons. The normalized spacial score (nSPS) is 11.9. The predicted octanol–water partition coefficient (Wildman–Crippen LogP) is 2.02. The van der Waals surface area contributed by atoms with Crippen LogP contribution in [0.1, 0.15) is 52.9 Å². The Kier molecular flexibility index (Phi) is 8.58. The van der Waals surface area contributed by atoms with Gasteiger partial charge in [0.2, 0.25) is 0 Å². The van der Waals surface area contributed by atoms with E-state index < -0.39 is 11.9 Å². The molecule has 0 aliphatic heterocycles. The molecule has 0 saturated carbocycles. The highest BCUT2D eigenvalue weighted by atomic mass is 16.5. The Morgan fingerprint density at radius 1 is 1.19 bits per heavy atom. The summed E-state index contributed by atoms with van der Waals surface area (Å²) in [5, 5.41) is 2.63. The maximum absolute atomic E-state index is 11.2. The molecule has 1 N–H and O–H groups in total. The van der Waals surface area contributed by atoms with E-state index in [0.717, 1.165) is 12.8 Å². The molecule has 1 amide bonds. The van der Waals surface area contributed by atoms with Gasteiger partial charge in [0, 0.05) is 6.04 Å². The zero-order chi connectivity index (χ0) is 12.4. The first-order chi connectivity index (χ1) is 7.61. The van der Waals surface area contributed by atoms with E-state index in [9.17, 15) is 9.59 Å². The molecule has 0 aromatic rings. The monoisotopic (exact) mass is 229 g/mol. The summed E-state index contributed by atoms with van der Waals surface area (Å²) in [5.41, 5.74) is 0. The Bertz CT molecular complexity index is 216. The second-order valence-electron chi connectivity index (χ2n) is 3.94. The van der Waals surface area contributed by atoms with Crippen LogP contribution in [0, 0.1) is 0 Å². The molecule has 0 fully saturated rings. The third-order valence-corrected chi connectivity index (χ3v) is 2.33. The van der Waals surface area contributed by atoms with Gasteiger partial charge >= 0.3 is 11.9 Å². The highest BCUT2D eigenvalue weighted by molar-refractivity contribution is 6.32. The summed E-state index contributed by atoms with van der Waals surface area (Å²) in [6.07, 6.45) is 5.58. The van der Waals surface area contributed by atoms with Gasteiger partial charge < -0.3 is 10.1 Å². The number of amides is 1. The summed E-state index contributed by atoms with van der Waals surface area (Å²) in [6, 6.07) is 0.0359. The zero-order valence-electron chi connectivity index (χ0n) is 10.5. The summed E-state index contributed by atoms with van der Waals surface area (Å²) < 4.78 is 4.60. The highest BCUT2D eigenvalue weighted by Crippen LogP contribution is 2.05. The Hall–Kier alpha value is -1.06.